The maximum atomic E-state index is 6.34. The van der Waals surface area contributed by atoms with Crippen LogP contribution in [0.4, 0.5) is 0 Å². The summed E-state index contributed by atoms with van der Waals surface area (Å²) in [6.07, 6.45) is 11.0. The minimum absolute atomic E-state index is 0.469. The van der Waals surface area contributed by atoms with Crippen molar-refractivity contribution >= 4 is 0 Å². The number of nitrogens with zero attached hydrogens (tertiary/aromatic N) is 1. The second-order valence-electron chi connectivity index (χ2n) is 6.26. The number of hydrogen-bond donors (Lipinski definition) is 1. The molecular formula is C15H30N2. The molecule has 2 rings (SSSR count). The quantitative estimate of drug-likeness (QED) is 0.721. The fourth-order valence-electron chi connectivity index (χ4n) is 3.21. The predicted octanol–water partition coefficient (Wildman–Crippen LogP) is 3.02. The summed E-state index contributed by atoms with van der Waals surface area (Å²) in [4.78, 5) is 2.70. The van der Waals surface area contributed by atoms with Gasteiger partial charge in [0.1, 0.15) is 0 Å². The highest BCUT2D eigenvalue weighted by Gasteiger charge is 2.27. The van der Waals surface area contributed by atoms with E-state index in [-0.39, 0.29) is 0 Å². The van der Waals surface area contributed by atoms with Crippen LogP contribution in [-0.4, -0.2) is 30.6 Å². The Kier molecular flexibility index (Phi) is 5.30. The molecule has 0 spiro atoms. The van der Waals surface area contributed by atoms with Crippen molar-refractivity contribution in [3.63, 3.8) is 0 Å². The molecule has 0 aromatic heterocycles. The monoisotopic (exact) mass is 238 g/mol. The third kappa shape index (κ3) is 4.59. The van der Waals surface area contributed by atoms with Gasteiger partial charge in [-0.15, -0.1) is 0 Å². The lowest BCUT2D eigenvalue weighted by Crippen LogP contribution is -2.40. The summed E-state index contributed by atoms with van der Waals surface area (Å²) in [6, 6.07) is 0.469. The molecule has 2 heteroatoms. The average molecular weight is 238 g/mol. The fraction of sp³-hybridized carbons (Fsp3) is 1.00. The molecule has 0 heterocycles. The molecule has 0 amide bonds. The van der Waals surface area contributed by atoms with Gasteiger partial charge in [-0.1, -0.05) is 26.2 Å². The van der Waals surface area contributed by atoms with Crippen LogP contribution in [0.2, 0.25) is 0 Å². The summed E-state index contributed by atoms with van der Waals surface area (Å²) in [5.74, 6) is 1.78. The van der Waals surface area contributed by atoms with Crippen molar-refractivity contribution in [2.75, 3.05) is 19.6 Å². The molecule has 0 bridgehead atoms. The Morgan fingerprint density at radius 1 is 1.00 bits per heavy atom. The highest BCUT2D eigenvalue weighted by molar-refractivity contribution is 4.82. The molecule has 2 aliphatic carbocycles. The van der Waals surface area contributed by atoms with Crippen molar-refractivity contribution < 1.29 is 0 Å². The Balaban J connectivity index is 1.80. The first-order valence-corrected chi connectivity index (χ1v) is 7.77. The first-order valence-electron chi connectivity index (χ1n) is 7.77. The summed E-state index contributed by atoms with van der Waals surface area (Å²) in [6.45, 7) is 6.19. The number of hydrogen-bond acceptors (Lipinski definition) is 2. The molecule has 0 aromatic rings. The topological polar surface area (TPSA) is 29.3 Å². The van der Waals surface area contributed by atoms with Gasteiger partial charge in [0.15, 0.2) is 0 Å². The minimum Gasteiger partial charge on any atom is -0.327 e. The van der Waals surface area contributed by atoms with Crippen LogP contribution in [0.3, 0.4) is 0 Å². The largest absolute Gasteiger partial charge is 0.327 e. The van der Waals surface area contributed by atoms with Gasteiger partial charge in [-0.25, -0.2) is 0 Å². The fourth-order valence-corrected chi connectivity index (χ4v) is 3.21. The predicted molar refractivity (Wildman–Crippen MR) is 74.0 cm³/mol. The Hall–Kier alpha value is -0.0800. The van der Waals surface area contributed by atoms with E-state index in [0.29, 0.717) is 6.04 Å². The second-order valence-corrected chi connectivity index (χ2v) is 6.26. The van der Waals surface area contributed by atoms with E-state index in [0.717, 1.165) is 11.8 Å². The van der Waals surface area contributed by atoms with Crippen LogP contribution in [0.5, 0.6) is 0 Å². The van der Waals surface area contributed by atoms with Gasteiger partial charge in [-0.05, 0) is 50.5 Å². The summed E-state index contributed by atoms with van der Waals surface area (Å²) in [5, 5.41) is 0. The first kappa shape index (κ1) is 13.4. The third-order valence-electron chi connectivity index (χ3n) is 4.46. The van der Waals surface area contributed by atoms with Crippen molar-refractivity contribution in [1.82, 2.24) is 4.90 Å². The zero-order valence-corrected chi connectivity index (χ0v) is 11.5. The van der Waals surface area contributed by atoms with Crippen LogP contribution in [0, 0.1) is 11.8 Å². The summed E-state index contributed by atoms with van der Waals surface area (Å²) in [7, 11) is 0. The van der Waals surface area contributed by atoms with Crippen molar-refractivity contribution in [3.05, 3.63) is 0 Å². The third-order valence-corrected chi connectivity index (χ3v) is 4.46. The van der Waals surface area contributed by atoms with Crippen LogP contribution in [0.1, 0.15) is 58.3 Å². The van der Waals surface area contributed by atoms with Crippen LogP contribution in [-0.2, 0) is 0 Å². The van der Waals surface area contributed by atoms with Crippen LogP contribution < -0.4 is 5.73 Å². The molecule has 2 nitrogen and oxygen atoms in total. The van der Waals surface area contributed by atoms with Gasteiger partial charge in [0.25, 0.3) is 0 Å². The molecule has 0 aliphatic heterocycles. The normalized spacial score (nSPS) is 30.5. The SMILES string of the molecule is CCCN(CC1CC1)CC1CCCCCC1N. The van der Waals surface area contributed by atoms with Crippen molar-refractivity contribution in [1.29, 1.82) is 0 Å². The second kappa shape index (κ2) is 6.75. The Morgan fingerprint density at radius 2 is 1.76 bits per heavy atom. The van der Waals surface area contributed by atoms with E-state index in [2.05, 4.69) is 11.8 Å². The highest BCUT2D eigenvalue weighted by Crippen LogP contribution is 2.31. The van der Waals surface area contributed by atoms with Crippen LogP contribution >= 0.6 is 0 Å². The smallest absolute Gasteiger partial charge is 0.00793 e. The van der Waals surface area contributed by atoms with Gasteiger partial charge in [0.05, 0.1) is 0 Å². The number of nitrogens with two attached hydrogens (primary N) is 1. The highest BCUT2D eigenvalue weighted by atomic mass is 15.1. The lowest BCUT2D eigenvalue weighted by molar-refractivity contribution is 0.200. The molecule has 2 atom stereocenters. The molecule has 2 unspecified atom stereocenters. The molecule has 0 aromatic carbocycles. The van der Waals surface area contributed by atoms with Gasteiger partial charge >= 0.3 is 0 Å². The zero-order chi connectivity index (χ0) is 12.1. The van der Waals surface area contributed by atoms with Gasteiger partial charge in [-0.2, -0.15) is 0 Å². The summed E-state index contributed by atoms with van der Waals surface area (Å²) < 4.78 is 0. The Labute approximate surface area is 107 Å². The summed E-state index contributed by atoms with van der Waals surface area (Å²) in [5.41, 5.74) is 6.34. The van der Waals surface area contributed by atoms with E-state index >= 15 is 0 Å². The van der Waals surface area contributed by atoms with E-state index < -0.39 is 0 Å². The summed E-state index contributed by atoms with van der Waals surface area (Å²) >= 11 is 0. The van der Waals surface area contributed by atoms with E-state index in [9.17, 15) is 0 Å². The molecular weight excluding hydrogens is 208 g/mol. The van der Waals surface area contributed by atoms with E-state index in [1.165, 1.54) is 71.0 Å². The first-order chi connectivity index (χ1) is 8.29. The maximum absolute atomic E-state index is 6.34. The Morgan fingerprint density at radius 3 is 2.47 bits per heavy atom. The molecule has 2 fully saturated rings. The van der Waals surface area contributed by atoms with Crippen molar-refractivity contribution in [2.45, 2.75) is 64.3 Å². The molecule has 100 valence electrons. The lowest BCUT2D eigenvalue weighted by atomic mass is 9.94. The standard InChI is InChI=1S/C15H30N2/c1-2-10-17(11-13-8-9-13)12-14-6-4-3-5-7-15(14)16/h13-15H,2-12,16H2,1H3. The number of rotatable bonds is 6. The van der Waals surface area contributed by atoms with E-state index in [1.54, 1.807) is 0 Å². The zero-order valence-electron chi connectivity index (χ0n) is 11.5. The Bertz CT molecular complexity index is 213. The van der Waals surface area contributed by atoms with Crippen LogP contribution in [0.15, 0.2) is 0 Å². The molecule has 0 radical (unpaired) electrons. The maximum Gasteiger partial charge on any atom is 0.00793 e. The van der Waals surface area contributed by atoms with Gasteiger partial charge in [-0.3, -0.25) is 0 Å². The molecule has 0 saturated heterocycles. The van der Waals surface area contributed by atoms with E-state index in [1.807, 2.05) is 0 Å². The average Bonchev–Trinajstić information content (AvgIpc) is 3.11. The molecule has 2 aliphatic rings. The molecule has 2 saturated carbocycles. The molecule has 17 heavy (non-hydrogen) atoms. The van der Waals surface area contributed by atoms with Crippen molar-refractivity contribution in [2.24, 2.45) is 17.6 Å². The van der Waals surface area contributed by atoms with E-state index in [4.69, 9.17) is 5.73 Å². The lowest BCUT2D eigenvalue weighted by Gasteiger charge is -2.29. The van der Waals surface area contributed by atoms with Crippen molar-refractivity contribution in [3.8, 4) is 0 Å². The minimum atomic E-state index is 0.469. The van der Waals surface area contributed by atoms with Gasteiger partial charge in [0.2, 0.25) is 0 Å². The van der Waals surface area contributed by atoms with Gasteiger partial charge < -0.3 is 10.6 Å². The van der Waals surface area contributed by atoms with Crippen LogP contribution in [0.25, 0.3) is 0 Å². The molecule has 2 N–H and O–H groups in total. The van der Waals surface area contributed by atoms with Gasteiger partial charge in [0, 0.05) is 19.1 Å².